The number of alkyl halides is 3. The summed E-state index contributed by atoms with van der Waals surface area (Å²) in [5, 5.41) is 12.8. The normalized spacial score (nSPS) is 11.1. The molecule has 1 heterocycles. The van der Waals surface area contributed by atoms with Crippen LogP contribution in [0.15, 0.2) is 30.6 Å². The molecular formula is C12H8F3N3O. The maximum atomic E-state index is 12.2. The minimum Gasteiger partial charge on any atom is -0.406 e. The molecule has 4 nitrogen and oxygen atoms in total. The Morgan fingerprint density at radius 1 is 1.26 bits per heavy atom. The lowest BCUT2D eigenvalue weighted by Crippen LogP contribution is -2.17. The second kappa shape index (κ2) is 4.65. The molecule has 0 fully saturated rings. The topological polar surface area (TPSA) is 50.8 Å². The molecule has 2 aromatic rings. The fourth-order valence-corrected chi connectivity index (χ4v) is 1.59. The summed E-state index contributed by atoms with van der Waals surface area (Å²) < 4.78 is 41.9. The first kappa shape index (κ1) is 13.0. The third-order valence-corrected chi connectivity index (χ3v) is 2.31. The molecule has 0 saturated heterocycles. The van der Waals surface area contributed by atoms with Gasteiger partial charge in [0.25, 0.3) is 0 Å². The monoisotopic (exact) mass is 267 g/mol. The molecule has 1 aromatic heterocycles. The van der Waals surface area contributed by atoms with Crippen molar-refractivity contribution in [3.05, 3.63) is 36.2 Å². The molecule has 2 rings (SSSR count). The summed E-state index contributed by atoms with van der Waals surface area (Å²) in [6.07, 6.45) is -1.66. The van der Waals surface area contributed by atoms with Crippen LogP contribution in [0, 0.1) is 11.3 Å². The lowest BCUT2D eigenvalue weighted by atomic mass is 10.1. The Morgan fingerprint density at radius 3 is 2.53 bits per heavy atom. The van der Waals surface area contributed by atoms with Gasteiger partial charge in [0, 0.05) is 18.8 Å². The number of ether oxygens (including phenoxy) is 1. The molecule has 0 bridgehead atoms. The number of nitriles is 1. The number of hydrogen-bond donors (Lipinski definition) is 0. The molecule has 0 aliphatic carbocycles. The third kappa shape index (κ3) is 3.25. The van der Waals surface area contributed by atoms with Crippen LogP contribution in [0.5, 0.6) is 5.75 Å². The maximum Gasteiger partial charge on any atom is 0.573 e. The van der Waals surface area contributed by atoms with Crippen LogP contribution >= 0.6 is 0 Å². The predicted molar refractivity (Wildman–Crippen MR) is 60.0 cm³/mol. The Kier molecular flexibility index (Phi) is 3.17. The standard InChI is InChI=1S/C12H8F3N3O/c1-18-7-10(6-17-18)9-2-8(5-16)3-11(4-9)19-12(13,14)15/h2-4,6-7H,1H3. The van der Waals surface area contributed by atoms with E-state index in [1.54, 1.807) is 19.3 Å². The molecule has 0 radical (unpaired) electrons. The maximum absolute atomic E-state index is 12.2. The molecule has 0 N–H and O–H groups in total. The van der Waals surface area contributed by atoms with Crippen LogP contribution in [0.1, 0.15) is 5.56 Å². The van der Waals surface area contributed by atoms with Gasteiger partial charge < -0.3 is 4.74 Å². The number of aryl methyl sites for hydroxylation is 1. The largest absolute Gasteiger partial charge is 0.573 e. The molecule has 19 heavy (non-hydrogen) atoms. The summed E-state index contributed by atoms with van der Waals surface area (Å²) in [7, 11) is 1.69. The number of benzene rings is 1. The quantitative estimate of drug-likeness (QED) is 0.840. The number of nitrogens with zero attached hydrogens (tertiary/aromatic N) is 3. The minimum absolute atomic E-state index is 0.0839. The molecule has 7 heteroatoms. The van der Waals surface area contributed by atoms with Gasteiger partial charge in [-0.25, -0.2) is 0 Å². The van der Waals surface area contributed by atoms with Gasteiger partial charge in [0.05, 0.1) is 17.8 Å². The van der Waals surface area contributed by atoms with Crippen LogP contribution in [0.3, 0.4) is 0 Å². The molecule has 98 valence electrons. The van der Waals surface area contributed by atoms with Crippen molar-refractivity contribution in [3.8, 4) is 22.9 Å². The molecule has 0 saturated carbocycles. The van der Waals surface area contributed by atoms with Gasteiger partial charge in [0.15, 0.2) is 0 Å². The van der Waals surface area contributed by atoms with Crippen molar-refractivity contribution < 1.29 is 17.9 Å². The summed E-state index contributed by atoms with van der Waals surface area (Å²) in [5.41, 5.74) is 1.12. The Labute approximate surface area is 106 Å². The summed E-state index contributed by atoms with van der Waals surface area (Å²) in [5.74, 6) is -0.426. The van der Waals surface area contributed by atoms with Crippen LogP contribution in [-0.4, -0.2) is 16.1 Å². The van der Waals surface area contributed by atoms with Crippen LogP contribution in [-0.2, 0) is 7.05 Å². The van der Waals surface area contributed by atoms with Crippen molar-refractivity contribution in [2.75, 3.05) is 0 Å². The van der Waals surface area contributed by atoms with Crippen molar-refractivity contribution in [3.63, 3.8) is 0 Å². The third-order valence-electron chi connectivity index (χ3n) is 2.31. The van der Waals surface area contributed by atoms with E-state index in [0.717, 1.165) is 6.07 Å². The van der Waals surface area contributed by atoms with Crippen molar-refractivity contribution in [1.29, 1.82) is 5.26 Å². The lowest BCUT2D eigenvalue weighted by Gasteiger charge is -2.10. The summed E-state index contributed by atoms with van der Waals surface area (Å²) in [4.78, 5) is 0. The second-order valence-corrected chi connectivity index (χ2v) is 3.81. The molecule has 0 amide bonds. The van der Waals surface area contributed by atoms with Gasteiger partial charge in [-0.2, -0.15) is 10.4 Å². The number of halogens is 3. The van der Waals surface area contributed by atoms with Gasteiger partial charge in [-0.3, -0.25) is 4.68 Å². The van der Waals surface area contributed by atoms with Crippen molar-refractivity contribution in [2.45, 2.75) is 6.36 Å². The highest BCUT2D eigenvalue weighted by Gasteiger charge is 2.31. The fraction of sp³-hybridized carbons (Fsp3) is 0.167. The Bertz CT molecular complexity index is 640. The van der Waals surface area contributed by atoms with Crippen molar-refractivity contribution in [1.82, 2.24) is 9.78 Å². The highest BCUT2D eigenvalue weighted by Crippen LogP contribution is 2.29. The Hall–Kier alpha value is -2.49. The van der Waals surface area contributed by atoms with Gasteiger partial charge in [-0.05, 0) is 23.8 Å². The van der Waals surface area contributed by atoms with Gasteiger partial charge in [0.2, 0.25) is 0 Å². The number of aromatic nitrogens is 2. The van der Waals surface area contributed by atoms with Crippen LogP contribution in [0.4, 0.5) is 13.2 Å². The van der Waals surface area contributed by atoms with Crippen molar-refractivity contribution >= 4 is 0 Å². The highest BCUT2D eigenvalue weighted by atomic mass is 19.4. The SMILES string of the molecule is Cn1cc(-c2cc(C#N)cc(OC(F)(F)F)c2)cn1. The number of hydrogen-bond acceptors (Lipinski definition) is 3. The zero-order valence-corrected chi connectivity index (χ0v) is 9.77. The van der Waals surface area contributed by atoms with Crippen LogP contribution < -0.4 is 4.74 Å². The molecule has 0 atom stereocenters. The zero-order valence-electron chi connectivity index (χ0n) is 9.77. The molecule has 0 aliphatic heterocycles. The summed E-state index contributed by atoms with van der Waals surface area (Å²) >= 11 is 0. The van der Waals surface area contributed by atoms with Gasteiger partial charge in [0.1, 0.15) is 5.75 Å². The Morgan fingerprint density at radius 2 is 2.00 bits per heavy atom. The van der Waals surface area contributed by atoms with E-state index in [1.807, 2.05) is 0 Å². The Balaban J connectivity index is 2.45. The first-order valence-electron chi connectivity index (χ1n) is 5.17. The van der Waals surface area contributed by atoms with E-state index in [2.05, 4.69) is 9.84 Å². The van der Waals surface area contributed by atoms with Crippen LogP contribution in [0.25, 0.3) is 11.1 Å². The lowest BCUT2D eigenvalue weighted by molar-refractivity contribution is -0.274. The molecule has 0 aliphatic rings. The van der Waals surface area contributed by atoms with E-state index >= 15 is 0 Å². The van der Waals surface area contributed by atoms with E-state index in [0.29, 0.717) is 11.1 Å². The minimum atomic E-state index is -4.79. The van der Waals surface area contributed by atoms with E-state index in [9.17, 15) is 13.2 Å². The first-order chi connectivity index (χ1) is 8.87. The fourth-order valence-electron chi connectivity index (χ4n) is 1.59. The highest BCUT2D eigenvalue weighted by molar-refractivity contribution is 5.66. The van der Waals surface area contributed by atoms with Crippen molar-refractivity contribution in [2.24, 2.45) is 7.05 Å². The smallest absolute Gasteiger partial charge is 0.406 e. The molecule has 1 aromatic carbocycles. The predicted octanol–water partition coefficient (Wildman–Crippen LogP) is 2.86. The van der Waals surface area contributed by atoms with Gasteiger partial charge in [-0.15, -0.1) is 13.2 Å². The van der Waals surface area contributed by atoms with Gasteiger partial charge >= 0.3 is 6.36 Å². The second-order valence-electron chi connectivity index (χ2n) is 3.81. The van der Waals surface area contributed by atoms with Crippen LogP contribution in [0.2, 0.25) is 0 Å². The molecular weight excluding hydrogens is 259 g/mol. The average molecular weight is 267 g/mol. The van der Waals surface area contributed by atoms with E-state index in [-0.39, 0.29) is 5.56 Å². The molecule has 0 spiro atoms. The summed E-state index contributed by atoms with van der Waals surface area (Å²) in [6.45, 7) is 0. The first-order valence-corrected chi connectivity index (χ1v) is 5.17. The van der Waals surface area contributed by atoms with E-state index in [4.69, 9.17) is 5.26 Å². The number of rotatable bonds is 2. The van der Waals surface area contributed by atoms with Gasteiger partial charge in [-0.1, -0.05) is 0 Å². The summed E-state index contributed by atoms with van der Waals surface area (Å²) in [6, 6.07) is 5.52. The van der Waals surface area contributed by atoms with E-state index < -0.39 is 12.1 Å². The average Bonchev–Trinajstić information content (AvgIpc) is 2.73. The molecule has 0 unspecified atom stereocenters. The zero-order chi connectivity index (χ0) is 14.0. The van der Waals surface area contributed by atoms with E-state index in [1.165, 1.54) is 23.0 Å².